The van der Waals surface area contributed by atoms with Crippen LogP contribution in [-0.4, -0.2) is 26.7 Å². The summed E-state index contributed by atoms with van der Waals surface area (Å²) in [5.41, 5.74) is 0.939. The lowest BCUT2D eigenvalue weighted by Gasteiger charge is -2.21. The monoisotopic (exact) mass is 300 g/mol. The highest BCUT2D eigenvalue weighted by atomic mass is 35.5. The van der Waals surface area contributed by atoms with Crippen LogP contribution in [0, 0.1) is 0 Å². The Morgan fingerprint density at radius 2 is 2.17 bits per heavy atom. The second kappa shape index (κ2) is 5.15. The first-order valence-corrected chi connectivity index (χ1v) is 8.57. The summed E-state index contributed by atoms with van der Waals surface area (Å²) >= 11 is 7.72. The van der Waals surface area contributed by atoms with Gasteiger partial charge in [-0.3, -0.25) is 4.21 Å². The summed E-state index contributed by atoms with van der Waals surface area (Å²) in [6, 6.07) is 6.16. The molecule has 2 aromatic rings. The molecule has 1 saturated heterocycles. The molecule has 6 heteroatoms. The molecular formula is C12H13ClN2OS2. The average Bonchev–Trinajstić information content (AvgIpc) is 2.76. The number of anilines is 1. The van der Waals surface area contributed by atoms with E-state index in [0.29, 0.717) is 6.04 Å². The molecule has 1 aliphatic rings. The Kier molecular flexibility index (Phi) is 3.54. The smallest absolute Gasteiger partial charge is 0.184 e. The zero-order valence-electron chi connectivity index (χ0n) is 9.69. The van der Waals surface area contributed by atoms with Crippen LogP contribution in [0.15, 0.2) is 18.2 Å². The lowest BCUT2D eigenvalue weighted by Crippen LogP contribution is -2.29. The van der Waals surface area contributed by atoms with Gasteiger partial charge in [0.15, 0.2) is 5.13 Å². The van der Waals surface area contributed by atoms with Gasteiger partial charge in [0.2, 0.25) is 0 Å². The number of benzene rings is 1. The van der Waals surface area contributed by atoms with Gasteiger partial charge >= 0.3 is 0 Å². The van der Waals surface area contributed by atoms with Gasteiger partial charge in [0.1, 0.15) is 0 Å². The van der Waals surface area contributed by atoms with Crippen molar-refractivity contribution < 1.29 is 4.21 Å². The molecule has 0 bridgehead atoms. The number of rotatable bonds is 2. The van der Waals surface area contributed by atoms with Crippen molar-refractivity contribution in [3.63, 3.8) is 0 Å². The predicted octanol–water partition coefficient (Wildman–Crippen LogP) is 3.27. The van der Waals surface area contributed by atoms with Gasteiger partial charge in [-0.2, -0.15) is 0 Å². The van der Waals surface area contributed by atoms with Crippen molar-refractivity contribution in [1.82, 2.24) is 4.98 Å². The second-order valence-electron chi connectivity index (χ2n) is 4.37. The van der Waals surface area contributed by atoms with Crippen LogP contribution in [-0.2, 0) is 10.8 Å². The summed E-state index contributed by atoms with van der Waals surface area (Å²) < 4.78 is 12.3. The van der Waals surface area contributed by atoms with Gasteiger partial charge in [0, 0.05) is 28.3 Å². The van der Waals surface area contributed by atoms with E-state index in [1.54, 1.807) is 11.3 Å². The molecule has 2 heterocycles. The van der Waals surface area contributed by atoms with Gasteiger partial charge in [0.05, 0.1) is 15.2 Å². The molecule has 1 N–H and O–H groups in total. The van der Waals surface area contributed by atoms with E-state index in [4.69, 9.17) is 11.6 Å². The van der Waals surface area contributed by atoms with E-state index in [1.807, 2.05) is 18.2 Å². The fraction of sp³-hybridized carbons (Fsp3) is 0.417. The third-order valence-electron chi connectivity index (χ3n) is 3.08. The molecule has 0 spiro atoms. The Balaban J connectivity index is 1.79. The summed E-state index contributed by atoms with van der Waals surface area (Å²) in [5.74, 6) is 1.59. The van der Waals surface area contributed by atoms with Crippen molar-refractivity contribution in [2.24, 2.45) is 0 Å². The standard InChI is InChI=1S/C12H13ClN2OS2/c13-9-2-1-3-10-11(9)17-12(15-10)14-8-4-6-18(16)7-5-8/h1-3,8H,4-7H2,(H,14,15). The molecule has 3 nitrogen and oxygen atoms in total. The van der Waals surface area contributed by atoms with Crippen LogP contribution in [0.4, 0.5) is 5.13 Å². The van der Waals surface area contributed by atoms with E-state index in [0.717, 1.165) is 44.7 Å². The lowest BCUT2D eigenvalue weighted by molar-refractivity contribution is 0.624. The van der Waals surface area contributed by atoms with Crippen LogP contribution in [0.25, 0.3) is 10.2 Å². The summed E-state index contributed by atoms with van der Waals surface area (Å²) in [7, 11) is -0.615. The van der Waals surface area contributed by atoms with Crippen LogP contribution >= 0.6 is 22.9 Å². The Morgan fingerprint density at radius 3 is 2.89 bits per heavy atom. The third-order valence-corrected chi connectivity index (χ3v) is 5.93. The van der Waals surface area contributed by atoms with Crippen molar-refractivity contribution in [1.29, 1.82) is 0 Å². The van der Waals surface area contributed by atoms with Crippen LogP contribution < -0.4 is 5.32 Å². The normalized spacial score (nSPS) is 24.3. The number of nitrogens with one attached hydrogen (secondary N) is 1. The molecule has 0 saturated carbocycles. The summed E-state index contributed by atoms with van der Waals surface area (Å²) in [4.78, 5) is 4.53. The molecule has 0 amide bonds. The molecule has 3 rings (SSSR count). The number of thiazole rings is 1. The Bertz CT molecular complexity index is 589. The molecule has 18 heavy (non-hydrogen) atoms. The zero-order valence-corrected chi connectivity index (χ0v) is 12.1. The van der Waals surface area contributed by atoms with E-state index in [9.17, 15) is 4.21 Å². The van der Waals surface area contributed by atoms with E-state index in [-0.39, 0.29) is 0 Å². The molecule has 96 valence electrons. The number of hydrogen-bond donors (Lipinski definition) is 1. The van der Waals surface area contributed by atoms with Gasteiger partial charge in [-0.05, 0) is 25.0 Å². The van der Waals surface area contributed by atoms with Crippen molar-refractivity contribution in [2.45, 2.75) is 18.9 Å². The Hall–Kier alpha value is -0.650. The summed E-state index contributed by atoms with van der Waals surface area (Å²) in [6.07, 6.45) is 1.91. The lowest BCUT2D eigenvalue weighted by atomic mass is 10.2. The molecule has 0 aliphatic carbocycles. The Morgan fingerprint density at radius 1 is 1.39 bits per heavy atom. The number of halogens is 1. The minimum atomic E-state index is -0.615. The maximum absolute atomic E-state index is 11.3. The molecule has 0 atom stereocenters. The molecule has 1 fully saturated rings. The quantitative estimate of drug-likeness (QED) is 0.925. The van der Waals surface area contributed by atoms with Crippen molar-refractivity contribution in [3.8, 4) is 0 Å². The summed E-state index contributed by atoms with van der Waals surface area (Å²) in [6.45, 7) is 0. The number of fused-ring (bicyclic) bond motifs is 1. The SMILES string of the molecule is O=S1CCC(Nc2nc3cccc(Cl)c3s2)CC1. The van der Waals surface area contributed by atoms with Crippen LogP contribution in [0.1, 0.15) is 12.8 Å². The Labute approximate surface area is 117 Å². The minimum absolute atomic E-state index is 0.391. The largest absolute Gasteiger partial charge is 0.359 e. The third kappa shape index (κ3) is 2.53. The highest BCUT2D eigenvalue weighted by molar-refractivity contribution is 7.85. The molecule has 1 aliphatic heterocycles. The highest BCUT2D eigenvalue weighted by Crippen LogP contribution is 2.32. The van der Waals surface area contributed by atoms with E-state index >= 15 is 0 Å². The first kappa shape index (κ1) is 12.4. The minimum Gasteiger partial charge on any atom is -0.359 e. The van der Waals surface area contributed by atoms with E-state index in [2.05, 4.69) is 10.3 Å². The second-order valence-corrected chi connectivity index (χ2v) is 7.48. The van der Waals surface area contributed by atoms with Crippen molar-refractivity contribution in [2.75, 3.05) is 16.8 Å². The number of aromatic nitrogens is 1. The molecule has 0 radical (unpaired) electrons. The first-order chi connectivity index (χ1) is 8.72. The van der Waals surface area contributed by atoms with Gasteiger partial charge in [-0.25, -0.2) is 4.98 Å². The maximum Gasteiger partial charge on any atom is 0.184 e. The van der Waals surface area contributed by atoms with Gasteiger partial charge in [-0.15, -0.1) is 0 Å². The van der Waals surface area contributed by atoms with Gasteiger partial charge in [0.25, 0.3) is 0 Å². The van der Waals surface area contributed by atoms with Crippen molar-refractivity contribution in [3.05, 3.63) is 23.2 Å². The van der Waals surface area contributed by atoms with Crippen molar-refractivity contribution >= 4 is 49.1 Å². The average molecular weight is 301 g/mol. The maximum atomic E-state index is 11.3. The fourth-order valence-corrected chi connectivity index (χ4v) is 4.62. The van der Waals surface area contributed by atoms with E-state index in [1.165, 1.54) is 0 Å². The predicted molar refractivity (Wildman–Crippen MR) is 79.2 cm³/mol. The molecule has 0 unspecified atom stereocenters. The van der Waals surface area contributed by atoms with Crippen LogP contribution in [0.2, 0.25) is 5.02 Å². The molecule has 1 aromatic heterocycles. The zero-order chi connectivity index (χ0) is 12.5. The number of hydrogen-bond acceptors (Lipinski definition) is 4. The van der Waals surface area contributed by atoms with E-state index < -0.39 is 10.8 Å². The highest BCUT2D eigenvalue weighted by Gasteiger charge is 2.18. The molecular weight excluding hydrogens is 288 g/mol. The van der Waals surface area contributed by atoms with Crippen LogP contribution in [0.3, 0.4) is 0 Å². The summed E-state index contributed by atoms with van der Waals surface area (Å²) in [5, 5.41) is 5.10. The fourth-order valence-electron chi connectivity index (χ4n) is 2.09. The van der Waals surface area contributed by atoms with Gasteiger partial charge < -0.3 is 5.32 Å². The van der Waals surface area contributed by atoms with Crippen LogP contribution in [0.5, 0.6) is 0 Å². The van der Waals surface area contributed by atoms with Gasteiger partial charge in [-0.1, -0.05) is 29.0 Å². The first-order valence-electron chi connectivity index (χ1n) is 5.89. The molecule has 1 aromatic carbocycles. The number of nitrogens with zero attached hydrogens (tertiary/aromatic N) is 1. The topological polar surface area (TPSA) is 42.0 Å².